The van der Waals surface area contributed by atoms with Gasteiger partial charge in [0.05, 0.1) is 15.8 Å². The van der Waals surface area contributed by atoms with Crippen LogP contribution in [0.3, 0.4) is 0 Å². The fraction of sp³-hybridized carbons (Fsp3) is 0.0968. The SMILES string of the molecule is CC(=O)c1ccc(-c2ccnc3nc(-c4[nH]nc5ncc(-c6cncc(CNCc7ccccc7)c6)c(F)c45)[nH]c23)s1. The fourth-order valence-electron chi connectivity index (χ4n) is 4.91. The van der Waals surface area contributed by atoms with Crippen LogP contribution in [0.15, 0.2) is 79.4 Å². The number of aromatic nitrogens is 7. The molecule has 0 amide bonds. The zero-order valence-electron chi connectivity index (χ0n) is 22.4. The van der Waals surface area contributed by atoms with E-state index in [0.717, 1.165) is 16.0 Å². The van der Waals surface area contributed by atoms with Crippen molar-refractivity contribution in [2.75, 3.05) is 0 Å². The van der Waals surface area contributed by atoms with Crippen LogP contribution >= 0.6 is 11.3 Å². The molecule has 42 heavy (non-hydrogen) atoms. The zero-order chi connectivity index (χ0) is 28.6. The van der Waals surface area contributed by atoms with Crippen LogP contribution in [0, 0.1) is 5.82 Å². The number of carbonyl (C=O) groups is 1. The van der Waals surface area contributed by atoms with Gasteiger partial charge in [-0.3, -0.25) is 14.9 Å². The number of fused-ring (bicyclic) bond motifs is 2. The number of halogens is 1. The number of benzene rings is 1. The summed E-state index contributed by atoms with van der Waals surface area (Å²) in [5.41, 5.74) is 5.62. The van der Waals surface area contributed by atoms with E-state index >= 15 is 4.39 Å². The molecule has 3 N–H and O–H groups in total. The Labute approximate surface area is 242 Å². The summed E-state index contributed by atoms with van der Waals surface area (Å²) in [4.78, 5) is 34.5. The molecule has 0 aliphatic heterocycles. The molecule has 0 bridgehead atoms. The minimum atomic E-state index is -0.474. The molecule has 7 rings (SSSR count). The number of carbonyl (C=O) groups excluding carboxylic acids is 1. The largest absolute Gasteiger partial charge is 0.335 e. The van der Waals surface area contributed by atoms with Gasteiger partial charge in [0, 0.05) is 59.4 Å². The number of ketones is 1. The molecule has 9 nitrogen and oxygen atoms in total. The second kappa shape index (κ2) is 10.7. The summed E-state index contributed by atoms with van der Waals surface area (Å²) in [6.45, 7) is 2.84. The van der Waals surface area contributed by atoms with E-state index in [2.05, 4.69) is 52.6 Å². The molecule has 7 aromatic rings. The van der Waals surface area contributed by atoms with Crippen molar-refractivity contribution < 1.29 is 9.18 Å². The highest BCUT2D eigenvalue weighted by molar-refractivity contribution is 7.17. The summed E-state index contributed by atoms with van der Waals surface area (Å²) in [6, 6.07) is 17.6. The minimum absolute atomic E-state index is 0.00810. The minimum Gasteiger partial charge on any atom is -0.335 e. The number of pyridine rings is 3. The number of thiophene rings is 1. The van der Waals surface area contributed by atoms with E-state index in [1.807, 2.05) is 36.4 Å². The van der Waals surface area contributed by atoms with Crippen molar-refractivity contribution in [1.29, 1.82) is 0 Å². The lowest BCUT2D eigenvalue weighted by Crippen LogP contribution is -2.12. The van der Waals surface area contributed by atoms with E-state index < -0.39 is 5.82 Å². The van der Waals surface area contributed by atoms with Gasteiger partial charge >= 0.3 is 0 Å². The molecular weight excluding hydrogens is 551 g/mol. The quantitative estimate of drug-likeness (QED) is 0.181. The zero-order valence-corrected chi connectivity index (χ0v) is 23.2. The Morgan fingerprint density at radius 2 is 1.81 bits per heavy atom. The molecule has 0 atom stereocenters. The van der Waals surface area contributed by atoms with E-state index in [0.29, 0.717) is 51.8 Å². The molecule has 6 heterocycles. The Hall–Kier alpha value is -5.13. The molecule has 6 aromatic heterocycles. The van der Waals surface area contributed by atoms with Crippen molar-refractivity contribution in [3.63, 3.8) is 0 Å². The third-order valence-electron chi connectivity index (χ3n) is 6.97. The molecule has 11 heteroatoms. The standard InChI is InChI=1S/C31H23FN8OS/c1-17(41)23-7-8-24(42-23)21-9-10-35-30-27(21)37-31(38-30)28-25-26(32)22(16-36-29(25)40-39-28)20-11-19(14-34-15-20)13-33-12-18-5-3-2-4-6-18/h2-11,14-16,33H,12-13H2,1H3,(H,35,37,38)(H,36,39,40). The van der Waals surface area contributed by atoms with Gasteiger partial charge in [-0.1, -0.05) is 30.3 Å². The fourth-order valence-corrected chi connectivity index (χ4v) is 5.84. The van der Waals surface area contributed by atoms with E-state index in [-0.39, 0.29) is 16.8 Å². The highest BCUT2D eigenvalue weighted by Gasteiger charge is 2.21. The van der Waals surface area contributed by atoms with Crippen LogP contribution in [0.25, 0.3) is 55.3 Å². The highest BCUT2D eigenvalue weighted by Crippen LogP contribution is 2.36. The lowest BCUT2D eigenvalue weighted by Gasteiger charge is -2.08. The van der Waals surface area contributed by atoms with E-state index in [1.165, 1.54) is 23.1 Å². The maximum absolute atomic E-state index is 16.2. The Balaban J connectivity index is 1.23. The number of H-pyrrole nitrogens is 2. The van der Waals surface area contributed by atoms with Gasteiger partial charge in [-0.2, -0.15) is 5.10 Å². The Bertz CT molecular complexity index is 2080. The Kier molecular flexibility index (Phi) is 6.57. The first-order valence-electron chi connectivity index (χ1n) is 13.2. The second-order valence-electron chi connectivity index (χ2n) is 9.82. The normalized spacial score (nSPS) is 11.5. The smallest absolute Gasteiger partial charge is 0.184 e. The van der Waals surface area contributed by atoms with Crippen molar-refractivity contribution in [2.24, 2.45) is 0 Å². The van der Waals surface area contributed by atoms with E-state index in [9.17, 15) is 4.79 Å². The predicted octanol–water partition coefficient (Wildman–Crippen LogP) is 6.32. The van der Waals surface area contributed by atoms with Crippen LogP contribution in [-0.4, -0.2) is 40.9 Å². The van der Waals surface area contributed by atoms with Crippen molar-refractivity contribution in [2.45, 2.75) is 20.0 Å². The summed E-state index contributed by atoms with van der Waals surface area (Å²) in [5.74, 6) is -0.0858. The first-order valence-corrected chi connectivity index (χ1v) is 14.0. The monoisotopic (exact) mass is 574 g/mol. The molecule has 0 aliphatic carbocycles. The number of nitrogens with zero attached hydrogens (tertiary/aromatic N) is 5. The number of rotatable bonds is 8. The van der Waals surface area contributed by atoms with Gasteiger partial charge in [-0.05, 0) is 42.3 Å². The first-order chi connectivity index (χ1) is 20.5. The Morgan fingerprint density at radius 1 is 0.952 bits per heavy atom. The molecule has 0 unspecified atom stereocenters. The molecule has 0 saturated heterocycles. The highest BCUT2D eigenvalue weighted by atomic mass is 32.1. The Morgan fingerprint density at radius 3 is 2.64 bits per heavy atom. The van der Waals surface area contributed by atoms with Crippen LogP contribution in [-0.2, 0) is 13.1 Å². The van der Waals surface area contributed by atoms with Crippen molar-refractivity contribution >= 4 is 39.3 Å². The van der Waals surface area contributed by atoms with Crippen molar-refractivity contribution in [1.82, 2.24) is 40.4 Å². The molecule has 0 spiro atoms. The van der Waals surface area contributed by atoms with Gasteiger partial charge in [0.15, 0.2) is 22.9 Å². The lowest BCUT2D eigenvalue weighted by atomic mass is 10.1. The van der Waals surface area contributed by atoms with Crippen LogP contribution < -0.4 is 5.32 Å². The summed E-state index contributed by atoms with van der Waals surface area (Å²) < 4.78 is 16.2. The number of Topliss-reactive ketones (excluding diaryl/α,β-unsaturated/α-hetero) is 1. The number of hydrogen-bond donors (Lipinski definition) is 3. The van der Waals surface area contributed by atoms with Crippen LogP contribution in [0.1, 0.15) is 27.7 Å². The first kappa shape index (κ1) is 25.8. The van der Waals surface area contributed by atoms with Gasteiger partial charge in [-0.15, -0.1) is 11.3 Å². The summed E-state index contributed by atoms with van der Waals surface area (Å²) in [6.07, 6.45) is 6.53. The average Bonchev–Trinajstić information content (AvgIpc) is 3.76. The summed E-state index contributed by atoms with van der Waals surface area (Å²) in [5, 5.41) is 10.8. The van der Waals surface area contributed by atoms with Crippen molar-refractivity contribution in [3.8, 4) is 33.1 Å². The van der Waals surface area contributed by atoms with Crippen LogP contribution in [0.5, 0.6) is 0 Å². The summed E-state index contributed by atoms with van der Waals surface area (Å²) in [7, 11) is 0. The second-order valence-corrected chi connectivity index (χ2v) is 10.9. The predicted molar refractivity (Wildman–Crippen MR) is 160 cm³/mol. The number of imidazole rings is 1. The van der Waals surface area contributed by atoms with Crippen molar-refractivity contribution in [3.05, 3.63) is 101 Å². The van der Waals surface area contributed by atoms with E-state index in [4.69, 9.17) is 0 Å². The summed E-state index contributed by atoms with van der Waals surface area (Å²) >= 11 is 1.40. The van der Waals surface area contributed by atoms with Gasteiger partial charge in [0.2, 0.25) is 0 Å². The topological polar surface area (TPSA) is 125 Å². The van der Waals surface area contributed by atoms with Gasteiger partial charge in [0.25, 0.3) is 0 Å². The number of hydrogen-bond acceptors (Lipinski definition) is 8. The molecule has 1 aromatic carbocycles. The maximum Gasteiger partial charge on any atom is 0.184 e. The number of nitrogens with one attached hydrogen (secondary N) is 3. The molecule has 0 aliphatic rings. The van der Waals surface area contributed by atoms with E-state index in [1.54, 1.807) is 31.6 Å². The van der Waals surface area contributed by atoms with Gasteiger partial charge < -0.3 is 10.3 Å². The molecule has 0 radical (unpaired) electrons. The van der Waals surface area contributed by atoms with Crippen LogP contribution in [0.4, 0.5) is 4.39 Å². The lowest BCUT2D eigenvalue weighted by molar-refractivity contribution is 0.102. The maximum atomic E-state index is 16.2. The van der Waals surface area contributed by atoms with Crippen LogP contribution in [0.2, 0.25) is 0 Å². The number of aromatic amines is 2. The van der Waals surface area contributed by atoms with Gasteiger partial charge in [0.1, 0.15) is 11.5 Å². The molecule has 206 valence electrons. The average molecular weight is 575 g/mol. The molecule has 0 fully saturated rings. The van der Waals surface area contributed by atoms with Gasteiger partial charge in [-0.25, -0.2) is 19.3 Å². The third kappa shape index (κ3) is 4.74. The molecular formula is C31H23FN8OS. The third-order valence-corrected chi connectivity index (χ3v) is 8.19. The molecule has 0 saturated carbocycles.